The summed E-state index contributed by atoms with van der Waals surface area (Å²) in [6.07, 6.45) is -0.856. The Kier molecular flexibility index (Phi) is 5.43. The predicted octanol–water partition coefficient (Wildman–Crippen LogP) is -2.66. The van der Waals surface area contributed by atoms with E-state index < -0.39 is 46.8 Å². The third kappa shape index (κ3) is 3.52. The molecule has 26 heavy (non-hydrogen) atoms. The molecule has 1 aliphatic heterocycles. The van der Waals surface area contributed by atoms with E-state index in [9.17, 15) is 18.9 Å². The van der Waals surface area contributed by atoms with E-state index in [1.807, 2.05) is 0 Å². The van der Waals surface area contributed by atoms with Gasteiger partial charge in [0.25, 0.3) is 5.56 Å². The Labute approximate surface area is 149 Å². The molecule has 13 heteroatoms. The van der Waals surface area contributed by atoms with Crippen LogP contribution >= 0.6 is 0 Å². The maximum atomic E-state index is 12.0. The molecule has 5 atom stereocenters. The van der Waals surface area contributed by atoms with Gasteiger partial charge in [0.15, 0.2) is 11.3 Å². The highest BCUT2D eigenvalue weighted by Gasteiger charge is 2.45. The van der Waals surface area contributed by atoms with Gasteiger partial charge < -0.3 is 14.6 Å². The number of aromatic nitrogens is 5. The zero-order valence-electron chi connectivity index (χ0n) is 13.9. The van der Waals surface area contributed by atoms with E-state index in [-0.39, 0.29) is 11.6 Å². The van der Waals surface area contributed by atoms with Crippen molar-refractivity contribution in [3.63, 3.8) is 0 Å². The minimum Gasteiger partial charge on any atom is -0.387 e. The van der Waals surface area contributed by atoms with Crippen molar-refractivity contribution in [2.24, 2.45) is 0 Å². The fourth-order valence-electron chi connectivity index (χ4n) is 2.72. The molecule has 3 unspecified atom stereocenters. The Hall–Kier alpha value is -2.19. The van der Waals surface area contributed by atoms with Gasteiger partial charge in [0, 0.05) is 19.4 Å². The summed E-state index contributed by atoms with van der Waals surface area (Å²) in [5.74, 6) is 0. The van der Waals surface area contributed by atoms with Gasteiger partial charge in [-0.25, -0.2) is 18.4 Å². The number of nitrogens with zero attached hydrogens (tertiary/aromatic N) is 4. The molecule has 3 heterocycles. The molecular formula is C13H18N6O6S. The number of nitrogens with one attached hydrogen (secondary N) is 2. The minimum atomic E-state index is -1.48. The SMILES string of the molecule is CNS(=O)c1cn(C[C@H]2O[C@@H](n3ccc(=O)[nH]c3=O)C(OC)C2O)nn1. The molecule has 2 aromatic rings. The van der Waals surface area contributed by atoms with Crippen molar-refractivity contribution in [2.45, 2.75) is 36.1 Å². The Bertz CT molecular complexity index is 909. The van der Waals surface area contributed by atoms with Crippen LogP contribution in [-0.2, 0) is 27.0 Å². The fraction of sp³-hybridized carbons (Fsp3) is 0.538. The van der Waals surface area contributed by atoms with E-state index in [4.69, 9.17) is 9.47 Å². The minimum absolute atomic E-state index is 0.101. The highest BCUT2D eigenvalue weighted by molar-refractivity contribution is 7.82. The van der Waals surface area contributed by atoms with E-state index in [1.165, 1.54) is 37.3 Å². The number of rotatable bonds is 6. The molecule has 0 aliphatic carbocycles. The van der Waals surface area contributed by atoms with Crippen LogP contribution in [0.15, 0.2) is 33.1 Å². The number of hydrogen-bond acceptors (Lipinski definition) is 8. The second kappa shape index (κ2) is 7.59. The Morgan fingerprint density at radius 1 is 1.50 bits per heavy atom. The Morgan fingerprint density at radius 2 is 2.27 bits per heavy atom. The largest absolute Gasteiger partial charge is 0.387 e. The summed E-state index contributed by atoms with van der Waals surface area (Å²) in [7, 11) is 1.42. The molecular weight excluding hydrogens is 368 g/mol. The molecule has 0 bridgehead atoms. The standard InChI is InChI=1S/C13H18N6O6S/c1-14-26(23)9-6-18(17-16-9)5-7-10(21)11(24-2)12(25-7)19-4-3-8(20)15-13(19)22/h3-4,6-7,10-12,14,21H,5H2,1-2H3,(H,15,20,22)/t7-,10?,11?,12-,26?/m1/s1. The van der Waals surface area contributed by atoms with Gasteiger partial charge in [0.1, 0.15) is 29.3 Å². The van der Waals surface area contributed by atoms with Crippen LogP contribution in [0.25, 0.3) is 0 Å². The van der Waals surface area contributed by atoms with Gasteiger partial charge in [0.05, 0.1) is 12.7 Å². The van der Waals surface area contributed by atoms with E-state index in [1.54, 1.807) is 0 Å². The first kappa shape index (κ1) is 18.6. The van der Waals surface area contributed by atoms with Crippen LogP contribution in [0.4, 0.5) is 0 Å². The summed E-state index contributed by atoms with van der Waals surface area (Å²) < 4.78 is 27.7. The van der Waals surface area contributed by atoms with Gasteiger partial charge in [-0.05, 0) is 7.05 Å². The predicted molar refractivity (Wildman–Crippen MR) is 87.5 cm³/mol. The molecule has 0 spiro atoms. The molecule has 0 saturated carbocycles. The lowest BCUT2D eigenvalue weighted by Crippen LogP contribution is -2.38. The monoisotopic (exact) mass is 386 g/mol. The molecule has 0 aromatic carbocycles. The number of methoxy groups -OCH3 is 1. The lowest BCUT2D eigenvalue weighted by molar-refractivity contribution is -0.0566. The number of hydrogen-bond donors (Lipinski definition) is 3. The fourth-order valence-corrected chi connectivity index (χ4v) is 3.26. The van der Waals surface area contributed by atoms with Crippen molar-refractivity contribution in [3.8, 4) is 0 Å². The van der Waals surface area contributed by atoms with E-state index in [2.05, 4.69) is 20.0 Å². The third-order valence-electron chi connectivity index (χ3n) is 3.97. The van der Waals surface area contributed by atoms with Gasteiger partial charge in [-0.2, -0.15) is 0 Å². The van der Waals surface area contributed by atoms with Crippen molar-refractivity contribution in [1.29, 1.82) is 0 Å². The van der Waals surface area contributed by atoms with Crippen molar-refractivity contribution in [1.82, 2.24) is 29.3 Å². The molecule has 0 amide bonds. The summed E-state index contributed by atoms with van der Waals surface area (Å²) in [5.41, 5.74) is -1.21. The van der Waals surface area contributed by atoms with Crippen molar-refractivity contribution >= 4 is 11.0 Å². The quantitative estimate of drug-likeness (QED) is 0.486. The molecule has 0 radical (unpaired) electrons. The average molecular weight is 386 g/mol. The molecule has 1 aliphatic rings. The average Bonchev–Trinajstić information content (AvgIpc) is 3.20. The molecule has 2 aromatic heterocycles. The molecule has 1 saturated heterocycles. The van der Waals surface area contributed by atoms with E-state index >= 15 is 0 Å². The first-order chi connectivity index (χ1) is 12.4. The summed E-state index contributed by atoms with van der Waals surface area (Å²) in [6, 6.07) is 1.17. The topological polar surface area (TPSA) is 153 Å². The Morgan fingerprint density at radius 3 is 2.92 bits per heavy atom. The summed E-state index contributed by atoms with van der Waals surface area (Å²) in [6.45, 7) is 0.101. The molecule has 3 rings (SSSR count). The first-order valence-electron chi connectivity index (χ1n) is 7.61. The smallest absolute Gasteiger partial charge is 0.330 e. The number of aromatic amines is 1. The normalized spacial score (nSPS) is 26.9. The van der Waals surface area contributed by atoms with Crippen molar-refractivity contribution < 1.29 is 18.8 Å². The maximum absolute atomic E-state index is 12.0. The van der Waals surface area contributed by atoms with Crippen LogP contribution in [0.2, 0.25) is 0 Å². The lowest BCUT2D eigenvalue weighted by atomic mass is 10.1. The third-order valence-corrected chi connectivity index (χ3v) is 4.91. The van der Waals surface area contributed by atoms with Crippen LogP contribution in [0, 0.1) is 0 Å². The number of aliphatic hydroxyl groups is 1. The molecule has 12 nitrogen and oxygen atoms in total. The zero-order valence-corrected chi connectivity index (χ0v) is 14.8. The van der Waals surface area contributed by atoms with E-state index in [0.717, 1.165) is 4.57 Å². The Balaban J connectivity index is 1.81. The second-order valence-electron chi connectivity index (χ2n) is 5.53. The van der Waals surface area contributed by atoms with Crippen LogP contribution in [-0.4, -0.2) is 66.3 Å². The van der Waals surface area contributed by atoms with Crippen LogP contribution < -0.4 is 16.0 Å². The maximum Gasteiger partial charge on any atom is 0.330 e. The van der Waals surface area contributed by atoms with Crippen molar-refractivity contribution in [3.05, 3.63) is 39.3 Å². The van der Waals surface area contributed by atoms with Gasteiger partial charge >= 0.3 is 5.69 Å². The highest BCUT2D eigenvalue weighted by Crippen LogP contribution is 2.31. The van der Waals surface area contributed by atoms with Crippen molar-refractivity contribution in [2.75, 3.05) is 14.2 Å². The van der Waals surface area contributed by atoms with Crippen LogP contribution in [0.1, 0.15) is 6.23 Å². The van der Waals surface area contributed by atoms with Crippen LogP contribution in [0.3, 0.4) is 0 Å². The molecule has 3 N–H and O–H groups in total. The van der Waals surface area contributed by atoms with E-state index in [0.29, 0.717) is 0 Å². The summed E-state index contributed by atoms with van der Waals surface area (Å²) in [5, 5.41) is 18.3. The van der Waals surface area contributed by atoms with Gasteiger partial charge in [-0.1, -0.05) is 5.21 Å². The number of aliphatic hydroxyl groups excluding tert-OH is 1. The highest BCUT2D eigenvalue weighted by atomic mass is 32.2. The second-order valence-corrected chi connectivity index (χ2v) is 6.89. The summed E-state index contributed by atoms with van der Waals surface area (Å²) >= 11 is 0. The number of ether oxygens (including phenoxy) is 2. The van der Waals surface area contributed by atoms with Gasteiger partial charge in [-0.15, -0.1) is 5.10 Å². The first-order valence-corrected chi connectivity index (χ1v) is 8.76. The molecule has 1 fully saturated rings. The van der Waals surface area contributed by atoms with Crippen LogP contribution in [0.5, 0.6) is 0 Å². The lowest BCUT2D eigenvalue weighted by Gasteiger charge is -2.19. The zero-order chi connectivity index (χ0) is 18.8. The summed E-state index contributed by atoms with van der Waals surface area (Å²) in [4.78, 5) is 25.3. The van der Waals surface area contributed by atoms with Gasteiger partial charge in [0.2, 0.25) is 0 Å². The number of H-pyrrole nitrogens is 1. The van der Waals surface area contributed by atoms with Gasteiger partial charge in [-0.3, -0.25) is 14.3 Å². The molecule has 142 valence electrons.